The van der Waals surface area contributed by atoms with Gasteiger partial charge in [0.15, 0.2) is 11.4 Å². The van der Waals surface area contributed by atoms with Gasteiger partial charge in [0.1, 0.15) is 6.07 Å². The van der Waals surface area contributed by atoms with Gasteiger partial charge in [-0.3, -0.25) is 0 Å². The fraction of sp³-hybridized carbons (Fsp3) is 0.286. The van der Waals surface area contributed by atoms with Crippen LogP contribution in [0.2, 0.25) is 0 Å². The van der Waals surface area contributed by atoms with Crippen molar-refractivity contribution in [2.45, 2.75) is 0 Å². The fourth-order valence-corrected chi connectivity index (χ4v) is 0.706. The Morgan fingerprint density at radius 1 is 1.33 bits per heavy atom. The molecular weight excluding hydrogens is 158 g/mol. The van der Waals surface area contributed by atoms with Crippen molar-refractivity contribution in [3.05, 3.63) is 11.8 Å². The van der Waals surface area contributed by atoms with Crippen molar-refractivity contribution in [3.8, 4) is 17.7 Å². The molecule has 0 aromatic carbocycles. The lowest BCUT2D eigenvalue weighted by molar-refractivity contribution is 0.338. The molecule has 0 aliphatic rings. The summed E-state index contributed by atoms with van der Waals surface area (Å²) in [4.78, 5) is 0. The second kappa shape index (κ2) is 3.53. The molecule has 0 spiro atoms. The van der Waals surface area contributed by atoms with Gasteiger partial charge >= 0.3 is 0 Å². The summed E-state index contributed by atoms with van der Waals surface area (Å²) in [5, 5.41) is 15.7. The highest BCUT2D eigenvalue weighted by Gasteiger charge is 2.06. The number of hydrogen-bond acceptors (Lipinski definition) is 5. The van der Waals surface area contributed by atoms with Crippen LogP contribution in [0, 0.1) is 11.3 Å². The van der Waals surface area contributed by atoms with Crippen molar-refractivity contribution in [1.29, 1.82) is 5.26 Å². The predicted molar refractivity (Wildman–Crippen MR) is 39.9 cm³/mol. The lowest BCUT2D eigenvalue weighted by Gasteiger charge is -2.03. The molecule has 12 heavy (non-hydrogen) atoms. The molecule has 1 rings (SSSR count). The zero-order chi connectivity index (χ0) is 8.97. The van der Waals surface area contributed by atoms with Gasteiger partial charge in [-0.15, -0.1) is 10.2 Å². The molecule has 1 aromatic rings. The van der Waals surface area contributed by atoms with Crippen LogP contribution < -0.4 is 9.47 Å². The van der Waals surface area contributed by atoms with Crippen molar-refractivity contribution in [2.75, 3.05) is 14.2 Å². The summed E-state index contributed by atoms with van der Waals surface area (Å²) in [6.45, 7) is 0. The first-order chi connectivity index (χ1) is 5.81. The average molecular weight is 165 g/mol. The first-order valence-corrected chi connectivity index (χ1v) is 3.17. The lowest BCUT2D eigenvalue weighted by atomic mass is 10.4. The summed E-state index contributed by atoms with van der Waals surface area (Å²) < 4.78 is 9.73. The molecule has 5 nitrogen and oxygen atoms in total. The third-order valence-corrected chi connectivity index (χ3v) is 1.25. The molecule has 0 saturated heterocycles. The molecule has 1 heterocycles. The van der Waals surface area contributed by atoms with E-state index in [9.17, 15) is 0 Å². The molecule has 0 fully saturated rings. The van der Waals surface area contributed by atoms with E-state index >= 15 is 0 Å². The minimum Gasteiger partial charge on any atom is -0.491 e. The van der Waals surface area contributed by atoms with Gasteiger partial charge in [0, 0.05) is 6.07 Å². The number of ether oxygens (including phenoxy) is 2. The van der Waals surface area contributed by atoms with E-state index in [-0.39, 0.29) is 11.6 Å². The topological polar surface area (TPSA) is 68.0 Å². The first kappa shape index (κ1) is 8.27. The van der Waals surface area contributed by atoms with Crippen LogP contribution in [0.5, 0.6) is 11.6 Å². The van der Waals surface area contributed by atoms with Gasteiger partial charge in [-0.1, -0.05) is 0 Å². The third-order valence-electron chi connectivity index (χ3n) is 1.25. The maximum Gasteiger partial charge on any atom is 0.276 e. The summed E-state index contributed by atoms with van der Waals surface area (Å²) in [5.74, 6) is 0.681. The number of aromatic nitrogens is 2. The summed E-state index contributed by atoms with van der Waals surface area (Å²) in [6, 6.07) is 3.31. The van der Waals surface area contributed by atoms with Crippen molar-refractivity contribution >= 4 is 0 Å². The van der Waals surface area contributed by atoms with Crippen LogP contribution >= 0.6 is 0 Å². The minimum atomic E-state index is 0.202. The Morgan fingerprint density at radius 2 is 2.08 bits per heavy atom. The van der Waals surface area contributed by atoms with Gasteiger partial charge in [-0.05, 0) is 0 Å². The van der Waals surface area contributed by atoms with Crippen LogP contribution in [0.25, 0.3) is 0 Å². The quantitative estimate of drug-likeness (QED) is 0.633. The molecule has 0 N–H and O–H groups in total. The Balaban J connectivity index is 3.13. The Labute approximate surface area is 69.6 Å². The Kier molecular flexibility index (Phi) is 2.43. The molecule has 0 radical (unpaired) electrons. The molecule has 0 amide bonds. The van der Waals surface area contributed by atoms with Gasteiger partial charge < -0.3 is 9.47 Å². The van der Waals surface area contributed by atoms with E-state index in [1.54, 1.807) is 0 Å². The van der Waals surface area contributed by atoms with Crippen LogP contribution in [0.1, 0.15) is 5.69 Å². The molecule has 0 aliphatic carbocycles. The molecule has 5 heteroatoms. The number of hydrogen-bond donors (Lipinski definition) is 0. The zero-order valence-corrected chi connectivity index (χ0v) is 6.74. The Morgan fingerprint density at radius 3 is 2.58 bits per heavy atom. The van der Waals surface area contributed by atoms with Gasteiger partial charge in [-0.2, -0.15) is 5.26 Å². The largest absolute Gasteiger partial charge is 0.491 e. The Hall–Kier alpha value is -1.83. The van der Waals surface area contributed by atoms with E-state index in [1.165, 1.54) is 20.3 Å². The molecule has 1 aromatic heterocycles. The molecule has 0 atom stereocenters. The summed E-state index contributed by atoms with van der Waals surface area (Å²) in [6.07, 6.45) is 0. The number of methoxy groups -OCH3 is 2. The molecular formula is C7H7N3O2. The van der Waals surface area contributed by atoms with Gasteiger partial charge in [0.2, 0.25) is 0 Å². The smallest absolute Gasteiger partial charge is 0.276 e. The van der Waals surface area contributed by atoms with Gasteiger partial charge in [-0.25, -0.2) is 0 Å². The third kappa shape index (κ3) is 1.42. The van der Waals surface area contributed by atoms with E-state index in [0.717, 1.165) is 0 Å². The second-order valence-electron chi connectivity index (χ2n) is 1.92. The van der Waals surface area contributed by atoms with Crippen LogP contribution in [0.3, 0.4) is 0 Å². The molecule has 0 aliphatic heterocycles. The van der Waals surface area contributed by atoms with Crippen LogP contribution in [0.4, 0.5) is 0 Å². The van der Waals surface area contributed by atoms with Crippen molar-refractivity contribution < 1.29 is 9.47 Å². The highest BCUT2D eigenvalue weighted by Crippen LogP contribution is 2.22. The number of nitrogens with zero attached hydrogens (tertiary/aromatic N) is 3. The number of nitriles is 1. The standard InChI is InChI=1S/C7H7N3O2/c1-11-6-3-5(4-8)9-10-7(6)12-2/h3H,1-2H3. The SMILES string of the molecule is COc1cc(C#N)nnc1OC. The van der Waals surface area contributed by atoms with Crippen molar-refractivity contribution in [2.24, 2.45) is 0 Å². The Bertz CT molecular complexity index is 319. The number of rotatable bonds is 2. The molecule has 0 unspecified atom stereocenters. The van der Waals surface area contributed by atoms with E-state index in [2.05, 4.69) is 10.2 Å². The maximum atomic E-state index is 8.47. The monoisotopic (exact) mass is 165 g/mol. The fourth-order valence-electron chi connectivity index (χ4n) is 0.706. The molecule has 62 valence electrons. The van der Waals surface area contributed by atoms with Crippen molar-refractivity contribution in [3.63, 3.8) is 0 Å². The summed E-state index contributed by atoms with van der Waals surface area (Å²) >= 11 is 0. The first-order valence-electron chi connectivity index (χ1n) is 3.17. The van der Waals surface area contributed by atoms with Crippen LogP contribution in [0.15, 0.2) is 6.07 Å². The van der Waals surface area contributed by atoms with E-state index in [1.807, 2.05) is 6.07 Å². The normalized spacial score (nSPS) is 8.75. The van der Waals surface area contributed by atoms with Crippen LogP contribution in [-0.2, 0) is 0 Å². The summed E-state index contributed by atoms with van der Waals surface area (Å²) in [5.41, 5.74) is 0.202. The molecule has 0 bridgehead atoms. The average Bonchev–Trinajstić information content (AvgIpc) is 2.16. The zero-order valence-electron chi connectivity index (χ0n) is 6.74. The second-order valence-corrected chi connectivity index (χ2v) is 1.92. The van der Waals surface area contributed by atoms with Gasteiger partial charge in [0.25, 0.3) is 5.88 Å². The summed E-state index contributed by atoms with van der Waals surface area (Å²) in [7, 11) is 2.93. The highest BCUT2D eigenvalue weighted by atomic mass is 16.5. The lowest BCUT2D eigenvalue weighted by Crippen LogP contribution is -1.97. The highest BCUT2D eigenvalue weighted by molar-refractivity contribution is 5.36. The predicted octanol–water partition coefficient (Wildman–Crippen LogP) is 0.365. The maximum absolute atomic E-state index is 8.47. The minimum absolute atomic E-state index is 0.202. The molecule has 0 saturated carbocycles. The van der Waals surface area contributed by atoms with Gasteiger partial charge in [0.05, 0.1) is 14.2 Å². The van der Waals surface area contributed by atoms with E-state index < -0.39 is 0 Å². The van der Waals surface area contributed by atoms with E-state index in [0.29, 0.717) is 5.75 Å². The van der Waals surface area contributed by atoms with Crippen LogP contribution in [-0.4, -0.2) is 24.4 Å². The van der Waals surface area contributed by atoms with Crippen molar-refractivity contribution in [1.82, 2.24) is 10.2 Å². The van der Waals surface area contributed by atoms with E-state index in [4.69, 9.17) is 14.7 Å².